The Hall–Kier alpha value is -1.62. The summed E-state index contributed by atoms with van der Waals surface area (Å²) < 4.78 is 0. The van der Waals surface area contributed by atoms with Crippen molar-refractivity contribution >= 4 is 29.2 Å². The Labute approximate surface area is 126 Å². The smallest absolute Gasteiger partial charge is 0.184 e. The number of nitrogens with two attached hydrogens (primary N) is 1. The molecular formula is C15H22N4S. The highest BCUT2D eigenvalue weighted by atomic mass is 32.1. The summed E-state index contributed by atoms with van der Waals surface area (Å²) in [4.78, 5) is 2.36. The van der Waals surface area contributed by atoms with Crippen LogP contribution in [-0.2, 0) is 0 Å². The molecule has 1 heterocycles. The lowest BCUT2D eigenvalue weighted by atomic mass is 9.80. The molecule has 108 valence electrons. The molecule has 3 N–H and O–H groups in total. The minimum atomic E-state index is 0.175. The molecule has 1 aliphatic rings. The molecule has 1 aliphatic heterocycles. The second-order valence-electron chi connectivity index (χ2n) is 6.03. The summed E-state index contributed by atoms with van der Waals surface area (Å²) in [7, 11) is 2.16. The lowest BCUT2D eigenvalue weighted by Gasteiger charge is -2.45. The minimum absolute atomic E-state index is 0.175. The predicted molar refractivity (Wildman–Crippen MR) is 89.5 cm³/mol. The molecule has 1 aromatic carbocycles. The zero-order valence-corrected chi connectivity index (χ0v) is 13.3. The van der Waals surface area contributed by atoms with Crippen LogP contribution >= 0.6 is 12.2 Å². The molecule has 0 unspecified atom stereocenters. The molecule has 1 atom stereocenters. The average molecular weight is 290 g/mol. The van der Waals surface area contributed by atoms with E-state index in [2.05, 4.69) is 61.4 Å². The maximum atomic E-state index is 5.34. The van der Waals surface area contributed by atoms with E-state index in [1.165, 1.54) is 11.3 Å². The number of rotatable bonds is 2. The van der Waals surface area contributed by atoms with Crippen LogP contribution in [0, 0.1) is 0 Å². The third kappa shape index (κ3) is 2.93. The fourth-order valence-electron chi connectivity index (χ4n) is 2.85. The van der Waals surface area contributed by atoms with E-state index in [9.17, 15) is 0 Å². The van der Waals surface area contributed by atoms with Gasteiger partial charge < -0.3 is 10.6 Å². The van der Waals surface area contributed by atoms with E-state index in [1.807, 2.05) is 0 Å². The summed E-state index contributed by atoms with van der Waals surface area (Å²) in [6.07, 6.45) is 2.88. The highest BCUT2D eigenvalue weighted by Crippen LogP contribution is 2.42. The molecule has 0 aliphatic carbocycles. The summed E-state index contributed by atoms with van der Waals surface area (Å²) in [6, 6.07) is 6.42. The third-order valence-corrected chi connectivity index (χ3v) is 4.14. The van der Waals surface area contributed by atoms with Gasteiger partial charge in [-0.15, -0.1) is 0 Å². The maximum absolute atomic E-state index is 5.34. The van der Waals surface area contributed by atoms with Gasteiger partial charge in [0.25, 0.3) is 0 Å². The number of thiocarbonyl (C=S) groups is 1. The fraction of sp³-hybridized carbons (Fsp3) is 0.467. The van der Waals surface area contributed by atoms with Gasteiger partial charge in [-0.25, -0.2) is 0 Å². The zero-order valence-electron chi connectivity index (χ0n) is 12.5. The van der Waals surface area contributed by atoms with E-state index in [4.69, 9.17) is 18.0 Å². The maximum Gasteiger partial charge on any atom is 0.184 e. The zero-order chi connectivity index (χ0) is 14.9. The molecular weight excluding hydrogens is 268 g/mol. The van der Waals surface area contributed by atoms with Crippen LogP contribution in [0.5, 0.6) is 0 Å². The molecule has 0 saturated heterocycles. The standard InChI is InChI=1S/C15H22N4S/c1-10-8-15(2,3)19(4)13-6-5-11(7-12(10)13)9-17-18-14(16)20/h5-7,9-10H,8H2,1-4H3,(H3,16,18,20)/b17-9-/t10-/m1/s1. The van der Waals surface area contributed by atoms with Crippen molar-refractivity contribution in [2.45, 2.75) is 38.6 Å². The van der Waals surface area contributed by atoms with Crippen LogP contribution in [-0.4, -0.2) is 23.9 Å². The highest BCUT2D eigenvalue weighted by molar-refractivity contribution is 7.80. The highest BCUT2D eigenvalue weighted by Gasteiger charge is 2.33. The van der Waals surface area contributed by atoms with Crippen LogP contribution in [0.2, 0.25) is 0 Å². The quantitative estimate of drug-likeness (QED) is 0.499. The van der Waals surface area contributed by atoms with Crippen LogP contribution in [0.4, 0.5) is 5.69 Å². The Balaban J connectivity index is 2.30. The minimum Gasteiger partial charge on any atom is -0.375 e. The van der Waals surface area contributed by atoms with Gasteiger partial charge in [-0.2, -0.15) is 5.10 Å². The molecule has 0 fully saturated rings. The predicted octanol–water partition coefficient (Wildman–Crippen LogP) is 2.58. The van der Waals surface area contributed by atoms with Crippen molar-refractivity contribution in [2.75, 3.05) is 11.9 Å². The molecule has 0 radical (unpaired) electrons. The molecule has 2 rings (SSSR count). The first-order chi connectivity index (χ1) is 9.31. The molecule has 4 nitrogen and oxygen atoms in total. The van der Waals surface area contributed by atoms with Crippen LogP contribution in [0.25, 0.3) is 0 Å². The number of hydrogen-bond donors (Lipinski definition) is 2. The van der Waals surface area contributed by atoms with Crippen LogP contribution in [0.15, 0.2) is 23.3 Å². The molecule has 20 heavy (non-hydrogen) atoms. The van der Waals surface area contributed by atoms with E-state index in [-0.39, 0.29) is 10.7 Å². The van der Waals surface area contributed by atoms with Gasteiger partial charge >= 0.3 is 0 Å². The van der Waals surface area contributed by atoms with Gasteiger partial charge in [0, 0.05) is 18.3 Å². The molecule has 0 saturated carbocycles. The van der Waals surface area contributed by atoms with E-state index in [0.717, 1.165) is 12.0 Å². The van der Waals surface area contributed by atoms with Gasteiger partial charge in [0.05, 0.1) is 6.21 Å². The van der Waals surface area contributed by atoms with Gasteiger partial charge in [-0.1, -0.05) is 13.0 Å². The number of hydrazone groups is 1. The van der Waals surface area contributed by atoms with E-state index in [0.29, 0.717) is 5.92 Å². The van der Waals surface area contributed by atoms with Gasteiger partial charge in [-0.05, 0) is 61.7 Å². The van der Waals surface area contributed by atoms with Gasteiger partial charge in [0.2, 0.25) is 0 Å². The molecule has 1 aromatic rings. The second kappa shape index (κ2) is 5.40. The topological polar surface area (TPSA) is 53.6 Å². The number of hydrogen-bond acceptors (Lipinski definition) is 3. The van der Waals surface area contributed by atoms with E-state index < -0.39 is 0 Å². The number of anilines is 1. The van der Waals surface area contributed by atoms with Crippen LogP contribution in [0.1, 0.15) is 44.2 Å². The molecule has 0 spiro atoms. The largest absolute Gasteiger partial charge is 0.375 e. The van der Waals surface area contributed by atoms with E-state index in [1.54, 1.807) is 6.21 Å². The first-order valence-corrected chi connectivity index (χ1v) is 7.18. The van der Waals surface area contributed by atoms with Crippen molar-refractivity contribution in [1.82, 2.24) is 5.43 Å². The van der Waals surface area contributed by atoms with Gasteiger partial charge in [0.15, 0.2) is 5.11 Å². The first-order valence-electron chi connectivity index (χ1n) is 6.77. The van der Waals surface area contributed by atoms with Crippen molar-refractivity contribution in [3.8, 4) is 0 Å². The number of benzene rings is 1. The number of fused-ring (bicyclic) bond motifs is 1. The Morgan fingerprint density at radius 1 is 1.55 bits per heavy atom. The fourth-order valence-corrected chi connectivity index (χ4v) is 2.90. The Morgan fingerprint density at radius 3 is 2.90 bits per heavy atom. The normalized spacial score (nSPS) is 20.8. The SMILES string of the molecule is C[C@@H]1CC(C)(C)N(C)c2ccc(/C=N\NC(N)=S)cc21. The van der Waals surface area contributed by atoms with Gasteiger partial charge in [0.1, 0.15) is 0 Å². The van der Waals surface area contributed by atoms with Crippen molar-refractivity contribution in [3.63, 3.8) is 0 Å². The lowest BCUT2D eigenvalue weighted by Crippen LogP contribution is -2.45. The lowest BCUT2D eigenvalue weighted by molar-refractivity contribution is 0.395. The van der Waals surface area contributed by atoms with E-state index >= 15 is 0 Å². The van der Waals surface area contributed by atoms with Crippen LogP contribution in [0.3, 0.4) is 0 Å². The Kier molecular flexibility index (Phi) is 3.99. The summed E-state index contributed by atoms with van der Waals surface area (Å²) >= 11 is 4.71. The van der Waals surface area contributed by atoms with Crippen molar-refractivity contribution in [3.05, 3.63) is 29.3 Å². The summed E-state index contributed by atoms with van der Waals surface area (Å²) in [5, 5.41) is 4.18. The third-order valence-electron chi connectivity index (χ3n) is 4.05. The van der Waals surface area contributed by atoms with Crippen molar-refractivity contribution in [2.24, 2.45) is 10.8 Å². The molecule has 0 amide bonds. The second-order valence-corrected chi connectivity index (χ2v) is 6.47. The monoisotopic (exact) mass is 290 g/mol. The Bertz CT molecular complexity index is 551. The first kappa shape index (κ1) is 14.8. The Morgan fingerprint density at radius 2 is 2.25 bits per heavy atom. The van der Waals surface area contributed by atoms with Crippen molar-refractivity contribution < 1.29 is 0 Å². The number of nitrogens with one attached hydrogen (secondary N) is 1. The summed E-state index contributed by atoms with van der Waals surface area (Å²) in [6.45, 7) is 6.85. The number of nitrogens with zero attached hydrogens (tertiary/aromatic N) is 2. The molecule has 0 aromatic heterocycles. The van der Waals surface area contributed by atoms with Gasteiger partial charge in [-0.3, -0.25) is 5.43 Å². The molecule has 0 bridgehead atoms. The average Bonchev–Trinajstić information content (AvgIpc) is 2.35. The summed E-state index contributed by atoms with van der Waals surface area (Å²) in [5.74, 6) is 0.535. The van der Waals surface area contributed by atoms with Crippen molar-refractivity contribution in [1.29, 1.82) is 0 Å². The summed E-state index contributed by atoms with van der Waals surface area (Å²) in [5.41, 5.74) is 11.8. The molecule has 5 heteroatoms. The van der Waals surface area contributed by atoms with Crippen LogP contribution < -0.4 is 16.1 Å².